The normalized spacial score (nSPS) is 33.2. The molecule has 2 aliphatic rings. The standard InChI is InChI=1S/C20H33F/c1-2-3-4-5-6-17-7-9-18(10-8-17)11-12-19-13-15-20(21)16-14-19/h17-20H,2-10,13-16H2,1H3. The van der Waals surface area contributed by atoms with Gasteiger partial charge in [0.15, 0.2) is 0 Å². The van der Waals surface area contributed by atoms with Crippen LogP contribution in [0.2, 0.25) is 0 Å². The van der Waals surface area contributed by atoms with Crippen LogP contribution in [0.4, 0.5) is 4.39 Å². The van der Waals surface area contributed by atoms with Crippen molar-refractivity contribution in [3.8, 4) is 11.8 Å². The maximum absolute atomic E-state index is 13.1. The van der Waals surface area contributed by atoms with Crippen molar-refractivity contribution < 1.29 is 4.39 Å². The summed E-state index contributed by atoms with van der Waals surface area (Å²) in [6.45, 7) is 2.28. The van der Waals surface area contributed by atoms with Crippen molar-refractivity contribution >= 4 is 0 Å². The summed E-state index contributed by atoms with van der Waals surface area (Å²) in [5.74, 6) is 9.10. The van der Waals surface area contributed by atoms with Crippen molar-refractivity contribution in [3.05, 3.63) is 0 Å². The molecular formula is C20H33F. The zero-order valence-electron chi connectivity index (χ0n) is 13.9. The fraction of sp³-hybridized carbons (Fsp3) is 0.900. The van der Waals surface area contributed by atoms with Gasteiger partial charge in [-0.3, -0.25) is 0 Å². The number of rotatable bonds is 5. The quantitative estimate of drug-likeness (QED) is 0.412. The van der Waals surface area contributed by atoms with Gasteiger partial charge in [-0.25, -0.2) is 4.39 Å². The Bertz CT molecular complexity index is 321. The highest BCUT2D eigenvalue weighted by Gasteiger charge is 2.21. The average molecular weight is 292 g/mol. The highest BCUT2D eigenvalue weighted by atomic mass is 19.1. The Labute approximate surface area is 131 Å². The molecule has 2 fully saturated rings. The van der Waals surface area contributed by atoms with Crippen LogP contribution in [0.25, 0.3) is 0 Å². The lowest BCUT2D eigenvalue weighted by atomic mass is 9.79. The fourth-order valence-corrected chi connectivity index (χ4v) is 3.89. The van der Waals surface area contributed by atoms with Gasteiger partial charge in [0.25, 0.3) is 0 Å². The zero-order valence-corrected chi connectivity index (χ0v) is 13.9. The highest BCUT2D eigenvalue weighted by molar-refractivity contribution is 5.09. The van der Waals surface area contributed by atoms with Crippen molar-refractivity contribution in [2.75, 3.05) is 0 Å². The molecule has 0 atom stereocenters. The second-order valence-corrected chi connectivity index (χ2v) is 7.30. The minimum Gasteiger partial charge on any atom is -0.247 e. The van der Waals surface area contributed by atoms with Crippen LogP contribution in [0.1, 0.15) is 90.4 Å². The third-order valence-electron chi connectivity index (χ3n) is 5.46. The first-order valence-electron chi connectivity index (χ1n) is 9.43. The first-order chi connectivity index (χ1) is 10.3. The molecule has 2 rings (SSSR count). The third-order valence-corrected chi connectivity index (χ3v) is 5.46. The van der Waals surface area contributed by atoms with Gasteiger partial charge in [-0.15, -0.1) is 0 Å². The lowest BCUT2D eigenvalue weighted by molar-refractivity contribution is 0.229. The Morgan fingerprint density at radius 3 is 1.90 bits per heavy atom. The molecule has 1 heteroatoms. The fourth-order valence-electron chi connectivity index (χ4n) is 3.89. The Balaban J connectivity index is 1.61. The smallest absolute Gasteiger partial charge is 0.100 e. The molecule has 0 aromatic carbocycles. The van der Waals surface area contributed by atoms with Crippen LogP contribution in [-0.2, 0) is 0 Å². The molecule has 2 saturated carbocycles. The van der Waals surface area contributed by atoms with E-state index in [1.807, 2.05) is 0 Å². The highest BCUT2D eigenvalue weighted by Crippen LogP contribution is 2.32. The van der Waals surface area contributed by atoms with E-state index in [-0.39, 0.29) is 0 Å². The SMILES string of the molecule is CCCCCCC1CCC(C#CC2CCC(F)CC2)CC1. The maximum Gasteiger partial charge on any atom is 0.100 e. The van der Waals surface area contributed by atoms with Gasteiger partial charge in [0.1, 0.15) is 6.17 Å². The van der Waals surface area contributed by atoms with E-state index in [4.69, 9.17) is 0 Å². The van der Waals surface area contributed by atoms with E-state index in [9.17, 15) is 4.39 Å². The maximum atomic E-state index is 13.1. The molecule has 0 spiro atoms. The molecule has 21 heavy (non-hydrogen) atoms. The van der Waals surface area contributed by atoms with Crippen molar-refractivity contribution in [3.63, 3.8) is 0 Å². The van der Waals surface area contributed by atoms with Crippen LogP contribution in [0.3, 0.4) is 0 Å². The summed E-state index contributed by atoms with van der Waals surface area (Å²) < 4.78 is 13.1. The van der Waals surface area contributed by atoms with Crippen LogP contribution in [0, 0.1) is 29.6 Å². The molecule has 0 amide bonds. The molecule has 0 aliphatic heterocycles. The molecule has 0 aromatic heterocycles. The molecule has 0 saturated heterocycles. The van der Waals surface area contributed by atoms with E-state index in [2.05, 4.69) is 18.8 Å². The third kappa shape index (κ3) is 6.41. The topological polar surface area (TPSA) is 0 Å². The van der Waals surface area contributed by atoms with Gasteiger partial charge in [0.2, 0.25) is 0 Å². The number of alkyl halides is 1. The summed E-state index contributed by atoms with van der Waals surface area (Å²) in [5, 5.41) is 0. The summed E-state index contributed by atoms with van der Waals surface area (Å²) in [6, 6.07) is 0. The number of hydrogen-bond acceptors (Lipinski definition) is 0. The lowest BCUT2D eigenvalue weighted by Crippen LogP contribution is -2.15. The van der Waals surface area contributed by atoms with Gasteiger partial charge in [-0.05, 0) is 57.3 Å². The average Bonchev–Trinajstić information content (AvgIpc) is 2.52. The molecular weight excluding hydrogens is 259 g/mol. The summed E-state index contributed by atoms with van der Waals surface area (Å²) >= 11 is 0. The predicted octanol–water partition coefficient (Wildman–Crippen LogP) is 6.29. The van der Waals surface area contributed by atoms with Crippen LogP contribution in [-0.4, -0.2) is 6.17 Å². The Kier molecular flexibility index (Phi) is 7.62. The molecule has 0 heterocycles. The van der Waals surface area contributed by atoms with Gasteiger partial charge in [-0.2, -0.15) is 0 Å². The monoisotopic (exact) mass is 292 g/mol. The molecule has 0 N–H and O–H groups in total. The number of unbranched alkanes of at least 4 members (excludes halogenated alkanes) is 3. The van der Waals surface area contributed by atoms with Crippen LogP contribution in [0.5, 0.6) is 0 Å². The zero-order chi connectivity index (χ0) is 14.9. The number of halogens is 1. The Hall–Kier alpha value is -0.510. The van der Waals surface area contributed by atoms with E-state index in [0.717, 1.165) is 31.6 Å². The van der Waals surface area contributed by atoms with Crippen molar-refractivity contribution in [1.82, 2.24) is 0 Å². The van der Waals surface area contributed by atoms with E-state index in [1.165, 1.54) is 57.8 Å². The van der Waals surface area contributed by atoms with Crippen molar-refractivity contribution in [1.29, 1.82) is 0 Å². The molecule has 2 aliphatic carbocycles. The summed E-state index contributed by atoms with van der Waals surface area (Å²) in [5.41, 5.74) is 0. The van der Waals surface area contributed by atoms with Crippen LogP contribution >= 0.6 is 0 Å². The van der Waals surface area contributed by atoms with Crippen LogP contribution in [0.15, 0.2) is 0 Å². The Morgan fingerprint density at radius 2 is 1.33 bits per heavy atom. The largest absolute Gasteiger partial charge is 0.247 e. The van der Waals surface area contributed by atoms with E-state index in [0.29, 0.717) is 11.8 Å². The van der Waals surface area contributed by atoms with Gasteiger partial charge in [0, 0.05) is 11.8 Å². The molecule has 0 bridgehead atoms. The first kappa shape index (κ1) is 16.9. The molecule has 0 aromatic rings. The second-order valence-electron chi connectivity index (χ2n) is 7.30. The van der Waals surface area contributed by atoms with Gasteiger partial charge in [-0.1, -0.05) is 50.9 Å². The van der Waals surface area contributed by atoms with Crippen molar-refractivity contribution in [2.24, 2.45) is 17.8 Å². The molecule has 0 unspecified atom stereocenters. The Morgan fingerprint density at radius 1 is 0.762 bits per heavy atom. The first-order valence-corrected chi connectivity index (χ1v) is 9.43. The van der Waals surface area contributed by atoms with Gasteiger partial charge >= 0.3 is 0 Å². The summed E-state index contributed by atoms with van der Waals surface area (Å²) in [7, 11) is 0. The summed E-state index contributed by atoms with van der Waals surface area (Å²) in [4.78, 5) is 0. The minimum absolute atomic E-state index is 0.490. The molecule has 0 radical (unpaired) electrons. The van der Waals surface area contributed by atoms with Crippen LogP contribution < -0.4 is 0 Å². The van der Waals surface area contributed by atoms with E-state index in [1.54, 1.807) is 0 Å². The van der Waals surface area contributed by atoms with Gasteiger partial charge < -0.3 is 0 Å². The van der Waals surface area contributed by atoms with E-state index < -0.39 is 6.17 Å². The minimum atomic E-state index is -0.550. The molecule has 120 valence electrons. The van der Waals surface area contributed by atoms with E-state index >= 15 is 0 Å². The van der Waals surface area contributed by atoms with Gasteiger partial charge in [0.05, 0.1) is 0 Å². The lowest BCUT2D eigenvalue weighted by Gasteiger charge is -2.26. The summed E-state index contributed by atoms with van der Waals surface area (Å²) in [6.07, 6.45) is 15.4. The predicted molar refractivity (Wildman–Crippen MR) is 88.8 cm³/mol. The molecule has 0 nitrogen and oxygen atoms in total. The second kappa shape index (κ2) is 9.50. The van der Waals surface area contributed by atoms with Crippen molar-refractivity contribution in [2.45, 2.75) is 96.6 Å². The number of hydrogen-bond donors (Lipinski definition) is 0.